The van der Waals surface area contributed by atoms with Crippen LogP contribution in [0.4, 0.5) is 13.2 Å². The van der Waals surface area contributed by atoms with Crippen LogP contribution in [-0.2, 0) is 19.1 Å². The number of pyridine rings is 1. The van der Waals surface area contributed by atoms with Gasteiger partial charge in [-0.15, -0.1) is 0 Å². The molecule has 0 aliphatic carbocycles. The number of halogens is 3. The molecular weight excluding hydrogens is 377 g/mol. The lowest BCUT2D eigenvalue weighted by molar-refractivity contribution is -0.137. The number of likely N-dealkylation sites (tertiary alicyclic amines) is 1. The molecule has 1 fully saturated rings. The molecule has 3 heterocycles. The normalized spacial score (nSPS) is 16.6. The van der Waals surface area contributed by atoms with Gasteiger partial charge >= 0.3 is 6.18 Å². The predicted molar refractivity (Wildman–Crippen MR) is 107 cm³/mol. The molecule has 3 aromatic rings. The van der Waals surface area contributed by atoms with E-state index in [0.29, 0.717) is 18.2 Å². The van der Waals surface area contributed by atoms with E-state index in [4.69, 9.17) is 4.98 Å². The monoisotopic (exact) mass is 402 g/mol. The molecule has 1 saturated heterocycles. The zero-order valence-electron chi connectivity index (χ0n) is 16.5. The summed E-state index contributed by atoms with van der Waals surface area (Å²) < 4.78 is 41.2. The van der Waals surface area contributed by atoms with E-state index in [-0.39, 0.29) is 0 Å². The van der Waals surface area contributed by atoms with Crippen LogP contribution < -0.4 is 0 Å². The third kappa shape index (κ3) is 4.29. The molecule has 1 aromatic carbocycles. The Morgan fingerprint density at radius 3 is 2.62 bits per heavy atom. The van der Waals surface area contributed by atoms with Crippen LogP contribution in [0.15, 0.2) is 42.6 Å². The number of rotatable bonds is 5. The Hall–Kier alpha value is -2.41. The van der Waals surface area contributed by atoms with Crippen molar-refractivity contribution < 1.29 is 13.2 Å². The first kappa shape index (κ1) is 19.9. The zero-order chi connectivity index (χ0) is 20.4. The molecule has 2 aromatic heterocycles. The fourth-order valence-corrected chi connectivity index (χ4v) is 4.20. The van der Waals surface area contributed by atoms with Gasteiger partial charge in [0.1, 0.15) is 11.3 Å². The van der Waals surface area contributed by atoms with E-state index >= 15 is 0 Å². The van der Waals surface area contributed by atoms with Crippen LogP contribution in [0.2, 0.25) is 0 Å². The van der Waals surface area contributed by atoms with Crippen molar-refractivity contribution in [2.24, 2.45) is 0 Å². The maximum Gasteiger partial charge on any atom is 0.416 e. The molecule has 0 N–H and O–H groups in total. The summed E-state index contributed by atoms with van der Waals surface area (Å²) in [7, 11) is 0. The second kappa shape index (κ2) is 8.14. The smallest absolute Gasteiger partial charge is 0.309 e. The second-order valence-corrected chi connectivity index (χ2v) is 7.70. The number of imidazole rings is 1. The Bertz CT molecular complexity index is 972. The third-order valence-electron chi connectivity index (χ3n) is 5.58. The van der Waals surface area contributed by atoms with Crippen molar-refractivity contribution in [2.45, 2.75) is 51.4 Å². The number of alkyl halides is 3. The van der Waals surface area contributed by atoms with E-state index in [1.165, 1.54) is 12.1 Å². The minimum absolute atomic E-state index is 0.328. The zero-order valence-corrected chi connectivity index (χ0v) is 16.5. The number of hydrogen-bond acceptors (Lipinski definition) is 3. The van der Waals surface area contributed by atoms with Gasteiger partial charge in [0.25, 0.3) is 0 Å². The maximum atomic E-state index is 13.0. The molecule has 0 unspecified atom stereocenters. The van der Waals surface area contributed by atoms with Crippen LogP contribution >= 0.6 is 0 Å². The minimum atomic E-state index is -4.30. The summed E-state index contributed by atoms with van der Waals surface area (Å²) >= 11 is 0. The highest BCUT2D eigenvalue weighted by Crippen LogP contribution is 2.31. The number of aryl methyl sites for hydroxylation is 1. The number of hydrogen-bond donors (Lipinski definition) is 0. The predicted octanol–water partition coefficient (Wildman–Crippen LogP) is 5.24. The Labute approximate surface area is 168 Å². The quantitative estimate of drug-likeness (QED) is 0.585. The van der Waals surface area contributed by atoms with Crippen molar-refractivity contribution >= 4 is 11.2 Å². The van der Waals surface area contributed by atoms with Gasteiger partial charge in [-0.2, -0.15) is 13.2 Å². The van der Waals surface area contributed by atoms with E-state index in [2.05, 4.69) is 21.4 Å². The number of fused-ring (bicyclic) bond motifs is 1. The molecular formula is C22H25F3N4. The van der Waals surface area contributed by atoms with Crippen molar-refractivity contribution in [3.8, 4) is 0 Å². The van der Waals surface area contributed by atoms with Gasteiger partial charge in [0, 0.05) is 38.3 Å². The van der Waals surface area contributed by atoms with Crippen molar-refractivity contribution in [1.29, 1.82) is 0 Å². The van der Waals surface area contributed by atoms with Crippen LogP contribution in [0.25, 0.3) is 11.2 Å². The summed E-state index contributed by atoms with van der Waals surface area (Å²) in [5, 5.41) is 0. The number of nitrogens with zero attached hydrogens (tertiary/aromatic N) is 4. The molecule has 1 aliphatic heterocycles. The Kier molecular flexibility index (Phi) is 5.58. The van der Waals surface area contributed by atoms with E-state index < -0.39 is 11.7 Å². The average Bonchev–Trinajstić information content (AvgIpc) is 3.06. The first-order valence-electron chi connectivity index (χ1n) is 10.2. The van der Waals surface area contributed by atoms with Gasteiger partial charge in [0.2, 0.25) is 0 Å². The van der Waals surface area contributed by atoms with Crippen LogP contribution in [0.5, 0.6) is 0 Å². The second-order valence-electron chi connectivity index (χ2n) is 7.70. The summed E-state index contributed by atoms with van der Waals surface area (Å²) in [5.74, 6) is 1.08. The van der Waals surface area contributed by atoms with Gasteiger partial charge in [0.05, 0.1) is 5.56 Å². The number of aromatic nitrogens is 3. The highest BCUT2D eigenvalue weighted by molar-refractivity contribution is 5.71. The summed E-state index contributed by atoms with van der Waals surface area (Å²) in [6.07, 6.45) is 1.33. The van der Waals surface area contributed by atoms with Gasteiger partial charge in [-0.05, 0) is 43.0 Å². The fraction of sp³-hybridized carbons (Fsp3) is 0.455. The van der Waals surface area contributed by atoms with Crippen LogP contribution in [-0.4, -0.2) is 32.5 Å². The van der Waals surface area contributed by atoms with Crippen LogP contribution in [0.1, 0.15) is 49.2 Å². The highest BCUT2D eigenvalue weighted by atomic mass is 19.4. The molecule has 0 radical (unpaired) electrons. The van der Waals surface area contributed by atoms with Crippen LogP contribution in [0.3, 0.4) is 0 Å². The molecule has 0 spiro atoms. The molecule has 4 rings (SSSR count). The third-order valence-corrected chi connectivity index (χ3v) is 5.58. The molecule has 0 atom stereocenters. The fourth-order valence-electron chi connectivity index (χ4n) is 4.20. The van der Waals surface area contributed by atoms with Gasteiger partial charge in [-0.1, -0.05) is 25.1 Å². The lowest BCUT2D eigenvalue weighted by atomic mass is 10.0. The largest absolute Gasteiger partial charge is 0.416 e. The lowest BCUT2D eigenvalue weighted by Crippen LogP contribution is -2.34. The number of benzene rings is 1. The van der Waals surface area contributed by atoms with E-state index in [1.54, 1.807) is 12.3 Å². The molecule has 0 saturated carbocycles. The number of piperidine rings is 1. The molecule has 1 aliphatic rings. The standard InChI is InChI=1S/C22H25F3N4/c1-2-5-20-27-19-8-4-11-26-21(19)29(20)18-9-12-28(13-10-18)15-16-6-3-7-17(14-16)22(23,24)25/h3-4,6-8,11,14,18H,2,5,9-10,12-13,15H2,1H3. The molecule has 7 heteroatoms. The summed E-state index contributed by atoms with van der Waals surface area (Å²) in [5.41, 5.74) is 2.00. The van der Waals surface area contributed by atoms with Crippen molar-refractivity contribution in [2.75, 3.05) is 13.1 Å². The van der Waals surface area contributed by atoms with Crippen molar-refractivity contribution in [3.05, 3.63) is 59.5 Å². The average molecular weight is 402 g/mol. The lowest BCUT2D eigenvalue weighted by Gasteiger charge is -2.33. The SMILES string of the molecule is CCCc1nc2cccnc2n1C1CCN(Cc2cccc(C(F)(F)F)c2)CC1. The first-order chi connectivity index (χ1) is 14.0. The van der Waals surface area contributed by atoms with E-state index in [1.807, 2.05) is 12.1 Å². The Balaban J connectivity index is 1.47. The van der Waals surface area contributed by atoms with Gasteiger partial charge < -0.3 is 4.57 Å². The maximum absolute atomic E-state index is 13.0. The Morgan fingerprint density at radius 1 is 1.10 bits per heavy atom. The minimum Gasteiger partial charge on any atom is -0.309 e. The van der Waals surface area contributed by atoms with E-state index in [9.17, 15) is 13.2 Å². The van der Waals surface area contributed by atoms with Gasteiger partial charge in [-0.25, -0.2) is 9.97 Å². The molecule has 154 valence electrons. The first-order valence-corrected chi connectivity index (χ1v) is 10.2. The van der Waals surface area contributed by atoms with Gasteiger partial charge in [-0.3, -0.25) is 4.90 Å². The van der Waals surface area contributed by atoms with Crippen LogP contribution in [0, 0.1) is 0 Å². The summed E-state index contributed by atoms with van der Waals surface area (Å²) in [6, 6.07) is 9.89. The highest BCUT2D eigenvalue weighted by Gasteiger charge is 2.31. The topological polar surface area (TPSA) is 34.0 Å². The molecule has 29 heavy (non-hydrogen) atoms. The van der Waals surface area contributed by atoms with Crippen molar-refractivity contribution in [3.63, 3.8) is 0 Å². The molecule has 0 amide bonds. The summed E-state index contributed by atoms with van der Waals surface area (Å²) in [6.45, 7) is 4.38. The Morgan fingerprint density at radius 2 is 1.90 bits per heavy atom. The molecule has 4 nitrogen and oxygen atoms in total. The molecule has 0 bridgehead atoms. The van der Waals surface area contributed by atoms with E-state index in [0.717, 1.165) is 61.8 Å². The van der Waals surface area contributed by atoms with Gasteiger partial charge in [0.15, 0.2) is 5.65 Å². The van der Waals surface area contributed by atoms with Crippen molar-refractivity contribution in [1.82, 2.24) is 19.4 Å². The summed E-state index contributed by atoms with van der Waals surface area (Å²) in [4.78, 5) is 11.6.